The number of hydrogen-bond acceptors (Lipinski definition) is 4. The minimum atomic E-state index is -0.643. The summed E-state index contributed by atoms with van der Waals surface area (Å²) < 4.78 is 18.8. The summed E-state index contributed by atoms with van der Waals surface area (Å²) >= 11 is 0. The van der Waals surface area contributed by atoms with Gasteiger partial charge in [-0.15, -0.1) is 0 Å². The summed E-state index contributed by atoms with van der Waals surface area (Å²) in [6, 6.07) is 0. The average molecular weight is 350 g/mol. The van der Waals surface area contributed by atoms with Crippen molar-refractivity contribution < 1.29 is 19.3 Å². The van der Waals surface area contributed by atoms with Crippen LogP contribution >= 0.6 is 0 Å². The van der Waals surface area contributed by atoms with Crippen LogP contribution in [-0.4, -0.2) is 35.0 Å². The Bertz CT molecular complexity index is 520. The molecule has 0 amide bonds. The van der Waals surface area contributed by atoms with E-state index in [2.05, 4.69) is 32.1 Å². The van der Waals surface area contributed by atoms with E-state index in [0.717, 1.165) is 64.4 Å². The standard InChI is InChI=1S/C21H34O4/c1-4-17(5-2)9-10-18(22)19(3)14-15-21(24-19)13-8-12-20(25-21)11-6-7-16-23-20/h4,8,12,18,22H,5-7,9-11,13-16H2,1-3H3/b17-4+/t18-,19+,20-,21+/m0/s1. The van der Waals surface area contributed by atoms with Gasteiger partial charge in [0.25, 0.3) is 0 Å². The Morgan fingerprint density at radius 1 is 1.24 bits per heavy atom. The van der Waals surface area contributed by atoms with Crippen molar-refractivity contribution in [3.05, 3.63) is 23.8 Å². The molecular weight excluding hydrogens is 316 g/mol. The van der Waals surface area contributed by atoms with Gasteiger partial charge in [-0.25, -0.2) is 0 Å². The van der Waals surface area contributed by atoms with Gasteiger partial charge in [-0.05, 0) is 58.4 Å². The highest BCUT2D eigenvalue weighted by molar-refractivity contribution is 5.09. The molecule has 4 atom stereocenters. The molecule has 0 unspecified atom stereocenters. The highest BCUT2D eigenvalue weighted by Gasteiger charge is 2.55. The third-order valence-electron chi connectivity index (χ3n) is 6.15. The monoisotopic (exact) mass is 350 g/mol. The molecule has 4 heteroatoms. The molecule has 3 rings (SSSR count). The van der Waals surface area contributed by atoms with E-state index < -0.39 is 23.3 Å². The third kappa shape index (κ3) is 4.02. The number of allylic oxidation sites excluding steroid dienone is 2. The predicted octanol–water partition coefficient (Wildman–Crippen LogP) is 4.62. The number of rotatable bonds is 5. The van der Waals surface area contributed by atoms with Crippen molar-refractivity contribution in [2.45, 2.75) is 102 Å². The zero-order chi connectivity index (χ0) is 18.0. The number of aliphatic hydroxyl groups excluding tert-OH is 1. The lowest BCUT2D eigenvalue weighted by molar-refractivity contribution is -0.361. The van der Waals surface area contributed by atoms with Crippen molar-refractivity contribution in [1.82, 2.24) is 0 Å². The Kier molecular flexibility index (Phi) is 5.74. The minimum absolute atomic E-state index is 0.480. The molecule has 2 fully saturated rings. The summed E-state index contributed by atoms with van der Waals surface area (Å²) in [5, 5.41) is 10.8. The quantitative estimate of drug-likeness (QED) is 0.735. The van der Waals surface area contributed by atoms with Gasteiger partial charge in [-0.2, -0.15) is 0 Å². The van der Waals surface area contributed by atoms with Crippen LogP contribution in [0.15, 0.2) is 23.8 Å². The maximum Gasteiger partial charge on any atom is 0.191 e. The molecule has 3 aliphatic rings. The third-order valence-corrected chi connectivity index (χ3v) is 6.15. The van der Waals surface area contributed by atoms with Gasteiger partial charge in [0.15, 0.2) is 11.6 Å². The Balaban J connectivity index is 1.64. The first kappa shape index (κ1) is 19.1. The van der Waals surface area contributed by atoms with Crippen LogP contribution in [0.1, 0.15) is 78.6 Å². The van der Waals surface area contributed by atoms with Gasteiger partial charge < -0.3 is 19.3 Å². The van der Waals surface area contributed by atoms with Crippen LogP contribution in [0, 0.1) is 0 Å². The highest BCUT2D eigenvalue weighted by atomic mass is 16.8. The molecule has 0 aliphatic carbocycles. The summed E-state index contributed by atoms with van der Waals surface area (Å²) in [5.74, 6) is -1.26. The van der Waals surface area contributed by atoms with Crippen molar-refractivity contribution in [1.29, 1.82) is 0 Å². The van der Waals surface area contributed by atoms with Gasteiger partial charge in [-0.3, -0.25) is 0 Å². The second-order valence-corrected chi connectivity index (χ2v) is 8.01. The van der Waals surface area contributed by atoms with E-state index in [1.165, 1.54) is 5.57 Å². The fourth-order valence-electron chi connectivity index (χ4n) is 4.38. The summed E-state index contributed by atoms with van der Waals surface area (Å²) in [5.41, 5.74) is 0.843. The molecule has 2 saturated heterocycles. The highest BCUT2D eigenvalue weighted by Crippen LogP contribution is 2.49. The van der Waals surface area contributed by atoms with Gasteiger partial charge in [0, 0.05) is 19.3 Å². The summed E-state index contributed by atoms with van der Waals surface area (Å²) in [4.78, 5) is 0. The molecule has 0 aromatic heterocycles. The van der Waals surface area contributed by atoms with Crippen molar-refractivity contribution in [2.75, 3.05) is 6.61 Å². The van der Waals surface area contributed by atoms with E-state index >= 15 is 0 Å². The zero-order valence-corrected chi connectivity index (χ0v) is 16.1. The van der Waals surface area contributed by atoms with Crippen LogP contribution in [0.5, 0.6) is 0 Å². The minimum Gasteiger partial charge on any atom is -0.390 e. The second-order valence-electron chi connectivity index (χ2n) is 8.01. The predicted molar refractivity (Wildman–Crippen MR) is 98.1 cm³/mol. The molecule has 3 heterocycles. The van der Waals surface area contributed by atoms with Crippen LogP contribution in [0.4, 0.5) is 0 Å². The molecule has 0 saturated carbocycles. The van der Waals surface area contributed by atoms with Gasteiger partial charge in [0.1, 0.15) is 0 Å². The van der Waals surface area contributed by atoms with E-state index in [9.17, 15) is 5.11 Å². The first-order valence-electron chi connectivity index (χ1n) is 9.99. The SMILES string of the molecule is C/C=C(\CC)CC[C@H](O)[C@@]1(C)CC[C@]2(CC=C[C@]3(CCCCO3)O2)O1. The van der Waals surface area contributed by atoms with Crippen LogP contribution in [0.25, 0.3) is 0 Å². The molecule has 1 N–H and O–H groups in total. The molecule has 0 aromatic carbocycles. The molecule has 142 valence electrons. The topological polar surface area (TPSA) is 47.9 Å². The van der Waals surface area contributed by atoms with E-state index in [0.29, 0.717) is 0 Å². The lowest BCUT2D eigenvalue weighted by atomic mass is 9.90. The normalized spacial score (nSPS) is 40.1. The zero-order valence-electron chi connectivity index (χ0n) is 16.1. The van der Waals surface area contributed by atoms with E-state index in [1.54, 1.807) is 0 Å². The number of hydrogen-bond donors (Lipinski definition) is 1. The molecular formula is C21H34O4. The Labute approximate surface area is 152 Å². The van der Waals surface area contributed by atoms with Crippen LogP contribution in [0.2, 0.25) is 0 Å². The molecule has 25 heavy (non-hydrogen) atoms. The smallest absolute Gasteiger partial charge is 0.191 e. The van der Waals surface area contributed by atoms with Crippen LogP contribution in [0.3, 0.4) is 0 Å². The average Bonchev–Trinajstić information content (AvgIpc) is 2.93. The fourth-order valence-corrected chi connectivity index (χ4v) is 4.38. The number of aliphatic hydroxyl groups is 1. The maximum absolute atomic E-state index is 10.8. The summed E-state index contributed by atoms with van der Waals surface area (Å²) in [6.45, 7) is 7.00. The molecule has 0 aromatic rings. The van der Waals surface area contributed by atoms with Gasteiger partial charge in [-0.1, -0.05) is 24.6 Å². The van der Waals surface area contributed by atoms with Crippen LogP contribution < -0.4 is 0 Å². The first-order valence-corrected chi connectivity index (χ1v) is 9.99. The Morgan fingerprint density at radius 3 is 2.76 bits per heavy atom. The van der Waals surface area contributed by atoms with Crippen LogP contribution in [-0.2, 0) is 14.2 Å². The van der Waals surface area contributed by atoms with E-state index in [4.69, 9.17) is 14.2 Å². The second kappa shape index (κ2) is 7.51. The van der Waals surface area contributed by atoms with Gasteiger partial charge >= 0.3 is 0 Å². The fraction of sp³-hybridized carbons (Fsp3) is 0.810. The van der Waals surface area contributed by atoms with Crippen molar-refractivity contribution in [2.24, 2.45) is 0 Å². The largest absolute Gasteiger partial charge is 0.390 e. The summed E-state index contributed by atoms with van der Waals surface area (Å²) in [7, 11) is 0. The summed E-state index contributed by atoms with van der Waals surface area (Å²) in [6.07, 6.45) is 14.0. The van der Waals surface area contributed by atoms with E-state index in [1.807, 2.05) is 6.92 Å². The van der Waals surface area contributed by atoms with Crippen molar-refractivity contribution in [3.8, 4) is 0 Å². The number of ether oxygens (including phenoxy) is 3. The van der Waals surface area contributed by atoms with E-state index in [-0.39, 0.29) is 0 Å². The Hall–Kier alpha value is -0.680. The molecule has 0 bridgehead atoms. The first-order chi connectivity index (χ1) is 11.9. The maximum atomic E-state index is 10.8. The van der Waals surface area contributed by atoms with Crippen molar-refractivity contribution >= 4 is 0 Å². The molecule has 0 radical (unpaired) electrons. The van der Waals surface area contributed by atoms with Crippen molar-refractivity contribution in [3.63, 3.8) is 0 Å². The lowest BCUT2D eigenvalue weighted by Gasteiger charge is -2.45. The van der Waals surface area contributed by atoms with Gasteiger partial charge in [0.05, 0.1) is 18.3 Å². The van der Waals surface area contributed by atoms with Gasteiger partial charge in [0.2, 0.25) is 0 Å². The Morgan fingerprint density at radius 2 is 2.08 bits per heavy atom. The lowest BCUT2D eigenvalue weighted by Crippen LogP contribution is -2.51. The molecule has 2 spiro atoms. The molecule has 3 aliphatic heterocycles. The molecule has 4 nitrogen and oxygen atoms in total.